The number of anilines is 2. The molecule has 8 nitrogen and oxygen atoms in total. The lowest BCUT2D eigenvalue weighted by molar-refractivity contribution is -0.126. The fourth-order valence-corrected chi connectivity index (χ4v) is 4.53. The van der Waals surface area contributed by atoms with Gasteiger partial charge in [0.15, 0.2) is 6.10 Å². The number of nitrogens with zero attached hydrogens (tertiary/aromatic N) is 2. The maximum absolute atomic E-state index is 13.7. The van der Waals surface area contributed by atoms with Gasteiger partial charge in [0.1, 0.15) is 11.7 Å². The standard InChI is InChI=1S/C25H20N2O6/c1-32-19-14-8-7-13-18(19)26-23(28)20-21(16-11-5-6-12-17(16)25(30)31)27(33-22(20)24(26)29)15-9-3-2-4-10-15/h2-14,20-22H,1H3,(H,30,31)/t20-,21+,22+/m1/s1. The summed E-state index contributed by atoms with van der Waals surface area (Å²) in [6.07, 6.45) is -1.10. The summed E-state index contributed by atoms with van der Waals surface area (Å²) >= 11 is 0. The molecule has 2 saturated heterocycles. The maximum atomic E-state index is 13.7. The van der Waals surface area contributed by atoms with Gasteiger partial charge >= 0.3 is 5.97 Å². The Kier molecular flexibility index (Phi) is 5.07. The van der Waals surface area contributed by atoms with Crippen LogP contribution in [-0.4, -0.2) is 36.1 Å². The third-order valence-corrected chi connectivity index (χ3v) is 5.96. The number of aromatic carboxylic acids is 1. The van der Waals surface area contributed by atoms with Crippen molar-refractivity contribution in [3.05, 3.63) is 90.0 Å². The van der Waals surface area contributed by atoms with Crippen LogP contribution in [0.15, 0.2) is 78.9 Å². The van der Waals surface area contributed by atoms with Gasteiger partial charge in [0.2, 0.25) is 5.91 Å². The first-order chi connectivity index (χ1) is 16.0. The third-order valence-electron chi connectivity index (χ3n) is 5.96. The van der Waals surface area contributed by atoms with Crippen LogP contribution >= 0.6 is 0 Å². The average molecular weight is 444 g/mol. The molecule has 0 aliphatic carbocycles. The number of methoxy groups -OCH3 is 1. The zero-order valence-electron chi connectivity index (χ0n) is 17.6. The first kappa shape index (κ1) is 20.7. The van der Waals surface area contributed by atoms with Crippen molar-refractivity contribution < 1.29 is 29.1 Å². The second kappa shape index (κ2) is 8.07. The molecule has 8 heteroatoms. The summed E-state index contributed by atoms with van der Waals surface area (Å²) in [5.41, 5.74) is 1.37. The van der Waals surface area contributed by atoms with Crippen LogP contribution in [0.5, 0.6) is 5.75 Å². The Morgan fingerprint density at radius 1 is 0.909 bits per heavy atom. The van der Waals surface area contributed by atoms with Crippen LogP contribution in [0.2, 0.25) is 0 Å². The van der Waals surface area contributed by atoms with E-state index in [-0.39, 0.29) is 5.56 Å². The normalized spacial score (nSPS) is 21.9. The predicted molar refractivity (Wildman–Crippen MR) is 119 cm³/mol. The lowest BCUT2D eigenvalue weighted by atomic mass is 9.88. The molecule has 0 radical (unpaired) electrons. The molecule has 0 saturated carbocycles. The Labute approximate surface area is 189 Å². The van der Waals surface area contributed by atoms with Crippen LogP contribution in [0.4, 0.5) is 11.4 Å². The molecule has 2 amide bonds. The highest BCUT2D eigenvalue weighted by Crippen LogP contribution is 2.49. The minimum absolute atomic E-state index is 0.0451. The molecule has 2 aliphatic heterocycles. The van der Waals surface area contributed by atoms with Crippen molar-refractivity contribution in [2.24, 2.45) is 5.92 Å². The van der Waals surface area contributed by atoms with Crippen molar-refractivity contribution in [1.82, 2.24) is 0 Å². The first-order valence-corrected chi connectivity index (χ1v) is 10.4. The number of ether oxygens (including phenoxy) is 1. The van der Waals surface area contributed by atoms with Gasteiger partial charge in [0, 0.05) is 0 Å². The highest BCUT2D eigenvalue weighted by atomic mass is 16.7. The maximum Gasteiger partial charge on any atom is 0.336 e. The van der Waals surface area contributed by atoms with Crippen LogP contribution in [0.1, 0.15) is 22.0 Å². The molecular formula is C25H20N2O6. The summed E-state index contributed by atoms with van der Waals surface area (Å²) in [5, 5.41) is 11.3. The first-order valence-electron chi connectivity index (χ1n) is 10.4. The summed E-state index contributed by atoms with van der Waals surface area (Å²) in [6.45, 7) is 0. The molecule has 1 N–H and O–H groups in total. The van der Waals surface area contributed by atoms with Gasteiger partial charge in [-0.05, 0) is 35.9 Å². The number of carbonyl (C=O) groups is 3. The lowest BCUT2D eigenvalue weighted by Gasteiger charge is -2.29. The number of hydroxylamine groups is 1. The fourth-order valence-electron chi connectivity index (χ4n) is 4.53. The molecule has 33 heavy (non-hydrogen) atoms. The number of fused-ring (bicyclic) bond motifs is 1. The molecule has 0 aromatic heterocycles. The summed E-state index contributed by atoms with van der Waals surface area (Å²) in [5.74, 6) is -2.69. The molecule has 2 heterocycles. The molecule has 0 spiro atoms. The topological polar surface area (TPSA) is 96.4 Å². The van der Waals surface area contributed by atoms with Crippen molar-refractivity contribution in [3.63, 3.8) is 0 Å². The number of carboxylic acids is 1. The van der Waals surface area contributed by atoms with Crippen molar-refractivity contribution >= 4 is 29.2 Å². The number of carboxylic acid groups (broad SMARTS) is 1. The minimum Gasteiger partial charge on any atom is -0.495 e. The number of para-hydroxylation sites is 3. The smallest absolute Gasteiger partial charge is 0.336 e. The van der Waals surface area contributed by atoms with Gasteiger partial charge in [-0.15, -0.1) is 0 Å². The molecular weight excluding hydrogens is 424 g/mol. The number of hydrogen-bond donors (Lipinski definition) is 1. The van der Waals surface area contributed by atoms with E-state index < -0.39 is 35.8 Å². The summed E-state index contributed by atoms with van der Waals surface area (Å²) in [4.78, 5) is 46.3. The number of benzene rings is 3. The molecule has 3 aromatic carbocycles. The van der Waals surface area contributed by atoms with Gasteiger partial charge in [0.05, 0.1) is 30.1 Å². The number of amides is 2. The van der Waals surface area contributed by atoms with Gasteiger partial charge in [-0.2, -0.15) is 0 Å². The van der Waals surface area contributed by atoms with E-state index in [1.165, 1.54) is 18.2 Å². The van der Waals surface area contributed by atoms with Crippen LogP contribution in [0, 0.1) is 5.92 Å². The van der Waals surface area contributed by atoms with Gasteiger partial charge in [-0.3, -0.25) is 14.4 Å². The van der Waals surface area contributed by atoms with Gasteiger partial charge in [0.25, 0.3) is 5.91 Å². The molecule has 5 rings (SSSR count). The van der Waals surface area contributed by atoms with E-state index in [1.807, 2.05) is 6.07 Å². The number of carbonyl (C=O) groups excluding carboxylic acids is 2. The Morgan fingerprint density at radius 2 is 1.58 bits per heavy atom. The lowest BCUT2D eigenvalue weighted by Crippen LogP contribution is -2.37. The van der Waals surface area contributed by atoms with Crippen LogP contribution in [-0.2, 0) is 14.4 Å². The second-order valence-corrected chi connectivity index (χ2v) is 7.73. The molecule has 3 atom stereocenters. The van der Waals surface area contributed by atoms with E-state index >= 15 is 0 Å². The Morgan fingerprint density at radius 3 is 2.30 bits per heavy atom. The quantitative estimate of drug-likeness (QED) is 0.602. The van der Waals surface area contributed by atoms with E-state index in [0.717, 1.165) is 4.90 Å². The van der Waals surface area contributed by atoms with E-state index in [9.17, 15) is 19.5 Å². The van der Waals surface area contributed by atoms with E-state index in [2.05, 4.69) is 0 Å². The minimum atomic E-state index is -1.12. The van der Waals surface area contributed by atoms with E-state index in [0.29, 0.717) is 22.7 Å². The van der Waals surface area contributed by atoms with Gasteiger partial charge in [-0.1, -0.05) is 48.5 Å². The largest absolute Gasteiger partial charge is 0.495 e. The van der Waals surface area contributed by atoms with E-state index in [1.54, 1.807) is 66.7 Å². The fraction of sp³-hybridized carbons (Fsp3) is 0.160. The molecule has 2 aliphatic rings. The highest BCUT2D eigenvalue weighted by Gasteiger charge is 2.61. The Hall–Kier alpha value is -4.17. The molecule has 166 valence electrons. The van der Waals surface area contributed by atoms with Crippen molar-refractivity contribution in [2.45, 2.75) is 12.1 Å². The third kappa shape index (κ3) is 3.23. The number of rotatable bonds is 5. The van der Waals surface area contributed by atoms with Crippen molar-refractivity contribution in [2.75, 3.05) is 17.1 Å². The number of imide groups is 1. The van der Waals surface area contributed by atoms with Crippen molar-refractivity contribution in [3.8, 4) is 5.75 Å². The molecule has 3 aromatic rings. The van der Waals surface area contributed by atoms with Crippen LogP contribution in [0.25, 0.3) is 0 Å². The van der Waals surface area contributed by atoms with Crippen LogP contribution < -0.4 is 14.7 Å². The highest BCUT2D eigenvalue weighted by molar-refractivity contribution is 6.24. The zero-order valence-corrected chi connectivity index (χ0v) is 17.6. The number of hydrogen-bond acceptors (Lipinski definition) is 6. The Bertz CT molecular complexity index is 1240. The molecule has 0 unspecified atom stereocenters. The average Bonchev–Trinajstić information content (AvgIpc) is 3.35. The van der Waals surface area contributed by atoms with Gasteiger partial charge in [-0.25, -0.2) is 14.8 Å². The van der Waals surface area contributed by atoms with E-state index in [4.69, 9.17) is 9.57 Å². The Balaban J connectivity index is 1.65. The summed E-state index contributed by atoms with van der Waals surface area (Å²) in [6, 6.07) is 21.4. The molecule has 2 fully saturated rings. The van der Waals surface area contributed by atoms with Crippen LogP contribution in [0.3, 0.4) is 0 Å². The predicted octanol–water partition coefficient (Wildman–Crippen LogP) is 3.44. The monoisotopic (exact) mass is 444 g/mol. The molecule has 0 bridgehead atoms. The summed E-state index contributed by atoms with van der Waals surface area (Å²) in [7, 11) is 1.46. The van der Waals surface area contributed by atoms with Gasteiger partial charge < -0.3 is 9.84 Å². The zero-order chi connectivity index (χ0) is 23.1. The SMILES string of the molecule is COc1ccccc1N1C(=O)[C@H]2[C@H](ON(c3ccccc3)[C@H]2c2ccccc2C(=O)O)C1=O. The summed E-state index contributed by atoms with van der Waals surface area (Å²) < 4.78 is 5.35. The second-order valence-electron chi connectivity index (χ2n) is 7.73. The van der Waals surface area contributed by atoms with Crippen molar-refractivity contribution in [1.29, 1.82) is 0 Å².